The Labute approximate surface area is 111 Å². The van der Waals surface area contributed by atoms with Gasteiger partial charge in [-0.2, -0.15) is 0 Å². The molecule has 0 aromatic heterocycles. The molecule has 1 rings (SSSR count). The maximum Gasteiger partial charge on any atom is 0.326 e. The highest BCUT2D eigenvalue weighted by Gasteiger charge is 2.39. The molecule has 19 heavy (non-hydrogen) atoms. The summed E-state index contributed by atoms with van der Waals surface area (Å²) in [6.07, 6.45) is 1.50. The van der Waals surface area contributed by atoms with Gasteiger partial charge in [0.1, 0.15) is 6.04 Å². The van der Waals surface area contributed by atoms with Crippen molar-refractivity contribution in [3.63, 3.8) is 0 Å². The summed E-state index contributed by atoms with van der Waals surface area (Å²) in [6.45, 7) is 3.21. The number of carboxylic acid groups (broad SMARTS) is 2. The largest absolute Gasteiger partial charge is 0.481 e. The molecule has 0 spiro atoms. The zero-order valence-electron chi connectivity index (χ0n) is 10.9. The summed E-state index contributed by atoms with van der Waals surface area (Å²) < 4.78 is 0. The minimum atomic E-state index is -1.38. The Morgan fingerprint density at radius 3 is 2.47 bits per heavy atom. The third-order valence-corrected chi connectivity index (χ3v) is 3.61. The van der Waals surface area contributed by atoms with Gasteiger partial charge in [-0.1, -0.05) is 6.92 Å². The number of hydrogen-bond donors (Lipinski definition) is 4. The van der Waals surface area contributed by atoms with E-state index in [0.29, 0.717) is 19.4 Å². The highest BCUT2D eigenvalue weighted by molar-refractivity contribution is 5.89. The lowest BCUT2D eigenvalue weighted by atomic mass is 9.77. The van der Waals surface area contributed by atoms with Crippen LogP contribution in [0.4, 0.5) is 0 Å². The van der Waals surface area contributed by atoms with Gasteiger partial charge < -0.3 is 20.8 Å². The molecule has 1 aliphatic heterocycles. The van der Waals surface area contributed by atoms with Crippen LogP contribution in [0.5, 0.6) is 0 Å². The topological polar surface area (TPSA) is 116 Å². The number of piperidine rings is 1. The summed E-state index contributed by atoms with van der Waals surface area (Å²) in [5.41, 5.74) is -0.634. The summed E-state index contributed by atoms with van der Waals surface area (Å²) in [5.74, 6) is -2.96. The number of rotatable bonds is 6. The molecule has 1 aliphatic rings. The van der Waals surface area contributed by atoms with Crippen LogP contribution in [-0.4, -0.2) is 47.2 Å². The van der Waals surface area contributed by atoms with E-state index < -0.39 is 29.8 Å². The van der Waals surface area contributed by atoms with Crippen LogP contribution < -0.4 is 10.6 Å². The number of amides is 1. The average molecular weight is 272 g/mol. The normalized spacial score (nSPS) is 24.5. The number of nitrogens with one attached hydrogen (secondary N) is 2. The van der Waals surface area contributed by atoms with Crippen molar-refractivity contribution >= 4 is 17.8 Å². The van der Waals surface area contributed by atoms with Gasteiger partial charge in [-0.3, -0.25) is 9.59 Å². The average Bonchev–Trinajstić information content (AvgIpc) is 2.38. The van der Waals surface area contributed by atoms with E-state index in [9.17, 15) is 14.4 Å². The smallest absolute Gasteiger partial charge is 0.326 e. The minimum Gasteiger partial charge on any atom is -0.481 e. The highest BCUT2D eigenvalue weighted by Crippen LogP contribution is 2.30. The van der Waals surface area contributed by atoms with Gasteiger partial charge in [0.05, 0.1) is 11.8 Å². The Bertz CT molecular complexity index is 363. The van der Waals surface area contributed by atoms with Crippen LogP contribution >= 0.6 is 0 Å². The SMILES string of the molecule is CCC1(C(=O)NC(CC(=O)O)C(=O)O)CCCNC1. The Hall–Kier alpha value is -1.63. The molecule has 0 aromatic carbocycles. The van der Waals surface area contributed by atoms with Gasteiger partial charge in [-0.25, -0.2) is 4.79 Å². The van der Waals surface area contributed by atoms with E-state index in [1.54, 1.807) is 0 Å². The summed E-state index contributed by atoms with van der Waals surface area (Å²) in [7, 11) is 0. The van der Waals surface area contributed by atoms with Crippen LogP contribution in [0.1, 0.15) is 32.6 Å². The van der Waals surface area contributed by atoms with Gasteiger partial charge in [0, 0.05) is 6.54 Å². The molecule has 1 saturated heterocycles. The third-order valence-electron chi connectivity index (χ3n) is 3.61. The fourth-order valence-corrected chi connectivity index (χ4v) is 2.31. The monoisotopic (exact) mass is 272 g/mol. The number of carbonyl (C=O) groups is 3. The van der Waals surface area contributed by atoms with E-state index in [1.165, 1.54) is 0 Å². The van der Waals surface area contributed by atoms with E-state index in [0.717, 1.165) is 13.0 Å². The van der Waals surface area contributed by atoms with Crippen molar-refractivity contribution in [3.05, 3.63) is 0 Å². The van der Waals surface area contributed by atoms with Crippen molar-refractivity contribution in [2.75, 3.05) is 13.1 Å². The number of aliphatic carboxylic acids is 2. The lowest BCUT2D eigenvalue weighted by molar-refractivity contribution is -0.148. The van der Waals surface area contributed by atoms with Gasteiger partial charge in [-0.15, -0.1) is 0 Å². The maximum atomic E-state index is 12.2. The van der Waals surface area contributed by atoms with Crippen molar-refractivity contribution in [1.29, 1.82) is 0 Å². The van der Waals surface area contributed by atoms with Crippen molar-refractivity contribution in [3.8, 4) is 0 Å². The molecule has 0 aliphatic carbocycles. The predicted molar refractivity (Wildman–Crippen MR) is 66.6 cm³/mol. The molecule has 7 nitrogen and oxygen atoms in total. The molecule has 4 N–H and O–H groups in total. The molecule has 1 heterocycles. The fourth-order valence-electron chi connectivity index (χ4n) is 2.31. The standard InChI is InChI=1S/C12H20N2O5/c1-2-12(4-3-5-13-7-12)11(19)14-8(10(17)18)6-9(15)16/h8,13H,2-7H2,1H3,(H,14,19)(H,15,16)(H,17,18). The Balaban J connectivity index is 2.74. The van der Waals surface area contributed by atoms with E-state index in [2.05, 4.69) is 10.6 Å². The van der Waals surface area contributed by atoms with Crippen LogP contribution in [0.3, 0.4) is 0 Å². The molecule has 2 unspecified atom stereocenters. The number of carbonyl (C=O) groups excluding carboxylic acids is 1. The second kappa shape index (κ2) is 6.51. The minimum absolute atomic E-state index is 0.379. The van der Waals surface area contributed by atoms with Gasteiger partial charge in [0.2, 0.25) is 5.91 Å². The van der Waals surface area contributed by atoms with Crippen LogP contribution in [0.15, 0.2) is 0 Å². The van der Waals surface area contributed by atoms with Crippen molar-refractivity contribution in [2.45, 2.75) is 38.6 Å². The van der Waals surface area contributed by atoms with Crippen molar-refractivity contribution in [1.82, 2.24) is 10.6 Å². The Morgan fingerprint density at radius 1 is 1.37 bits per heavy atom. The van der Waals surface area contributed by atoms with Crippen molar-refractivity contribution < 1.29 is 24.6 Å². The molecule has 1 fully saturated rings. The van der Waals surface area contributed by atoms with Crippen LogP contribution in [-0.2, 0) is 14.4 Å². The van der Waals surface area contributed by atoms with E-state index in [1.807, 2.05) is 6.92 Å². The van der Waals surface area contributed by atoms with Gasteiger partial charge in [-0.05, 0) is 25.8 Å². The second-order valence-electron chi connectivity index (χ2n) is 4.88. The van der Waals surface area contributed by atoms with Crippen LogP contribution in [0.2, 0.25) is 0 Å². The second-order valence-corrected chi connectivity index (χ2v) is 4.88. The van der Waals surface area contributed by atoms with Crippen molar-refractivity contribution in [2.24, 2.45) is 5.41 Å². The third kappa shape index (κ3) is 3.92. The molecule has 0 bridgehead atoms. The molecule has 7 heteroatoms. The van der Waals surface area contributed by atoms with Gasteiger partial charge in [0.15, 0.2) is 0 Å². The summed E-state index contributed by atoms with van der Waals surface area (Å²) >= 11 is 0. The molecule has 0 aromatic rings. The lowest BCUT2D eigenvalue weighted by Gasteiger charge is -2.36. The quantitative estimate of drug-likeness (QED) is 0.532. The number of carboxylic acids is 2. The summed E-state index contributed by atoms with van der Waals surface area (Å²) in [4.78, 5) is 33.8. The van der Waals surface area contributed by atoms with E-state index >= 15 is 0 Å². The summed E-state index contributed by atoms with van der Waals surface area (Å²) in [6, 6.07) is -1.38. The maximum absolute atomic E-state index is 12.2. The van der Waals surface area contributed by atoms with E-state index in [-0.39, 0.29) is 5.91 Å². The zero-order valence-corrected chi connectivity index (χ0v) is 10.9. The first-order chi connectivity index (χ1) is 8.91. The first-order valence-corrected chi connectivity index (χ1v) is 6.37. The Morgan fingerprint density at radius 2 is 2.05 bits per heavy atom. The van der Waals surface area contributed by atoms with E-state index in [4.69, 9.17) is 10.2 Å². The van der Waals surface area contributed by atoms with Gasteiger partial charge in [0.25, 0.3) is 0 Å². The molecular formula is C12H20N2O5. The highest BCUT2D eigenvalue weighted by atomic mass is 16.4. The van der Waals surface area contributed by atoms with Crippen LogP contribution in [0.25, 0.3) is 0 Å². The van der Waals surface area contributed by atoms with Crippen LogP contribution in [0, 0.1) is 5.41 Å². The summed E-state index contributed by atoms with van der Waals surface area (Å²) in [5, 5.41) is 23.1. The molecule has 2 atom stereocenters. The molecular weight excluding hydrogens is 252 g/mol. The fraction of sp³-hybridized carbons (Fsp3) is 0.750. The molecule has 108 valence electrons. The molecule has 1 amide bonds. The first kappa shape index (κ1) is 15.4. The predicted octanol–water partition coefficient (Wildman–Crippen LogP) is -0.190. The number of hydrogen-bond acceptors (Lipinski definition) is 4. The zero-order chi connectivity index (χ0) is 14.5. The molecule has 0 radical (unpaired) electrons. The Kier molecular flexibility index (Phi) is 5.29. The molecule has 0 saturated carbocycles. The first-order valence-electron chi connectivity index (χ1n) is 6.37. The van der Waals surface area contributed by atoms with Gasteiger partial charge >= 0.3 is 11.9 Å². The lowest BCUT2D eigenvalue weighted by Crippen LogP contribution is -2.54.